The average Bonchev–Trinajstić information content (AvgIpc) is 2.66. The van der Waals surface area contributed by atoms with Crippen molar-refractivity contribution in [2.45, 2.75) is 19.2 Å². The number of nitrogens with zero attached hydrogens (tertiary/aromatic N) is 1. The molecule has 28 heavy (non-hydrogen) atoms. The van der Waals surface area contributed by atoms with Crippen molar-refractivity contribution < 1.29 is 32.2 Å². The topological polar surface area (TPSA) is 88.4 Å². The Hall–Kier alpha value is -3.54. The molecule has 0 aromatic heterocycles. The number of benzene rings is 2. The molecule has 1 amide bonds. The van der Waals surface area contributed by atoms with Crippen LogP contribution in [0.2, 0.25) is 0 Å². The summed E-state index contributed by atoms with van der Waals surface area (Å²) in [6, 6.07) is 12.2. The largest absolute Gasteiger partial charge is 0.482 e. The van der Waals surface area contributed by atoms with Gasteiger partial charge in [0.2, 0.25) is 0 Å². The highest BCUT2D eigenvalue weighted by Gasteiger charge is 2.30. The van der Waals surface area contributed by atoms with E-state index in [0.717, 1.165) is 18.2 Å². The summed E-state index contributed by atoms with van der Waals surface area (Å²) in [7, 11) is 0. The molecule has 0 aliphatic heterocycles. The van der Waals surface area contributed by atoms with E-state index in [1.807, 2.05) is 6.07 Å². The molecule has 0 fully saturated rings. The van der Waals surface area contributed by atoms with E-state index in [9.17, 15) is 22.8 Å². The van der Waals surface area contributed by atoms with Crippen LogP contribution in [0.25, 0.3) is 0 Å². The molecule has 0 heterocycles. The van der Waals surface area contributed by atoms with Crippen LogP contribution in [-0.2, 0) is 20.5 Å². The third-order valence-electron chi connectivity index (χ3n) is 3.50. The van der Waals surface area contributed by atoms with Crippen LogP contribution < -0.4 is 10.1 Å². The summed E-state index contributed by atoms with van der Waals surface area (Å²) in [5.74, 6) is -1.77. The fourth-order valence-electron chi connectivity index (χ4n) is 2.11. The first-order chi connectivity index (χ1) is 13.2. The molecular formula is C19H15F3N2O4. The number of carbonyl (C=O) groups is 2. The van der Waals surface area contributed by atoms with Gasteiger partial charge in [-0.25, -0.2) is 4.79 Å². The summed E-state index contributed by atoms with van der Waals surface area (Å²) in [6.07, 6.45) is -5.74. The molecule has 6 nitrogen and oxygen atoms in total. The molecule has 0 unspecified atom stereocenters. The Labute approximate surface area is 158 Å². The highest BCUT2D eigenvalue weighted by Crippen LogP contribution is 2.31. The predicted octanol–water partition coefficient (Wildman–Crippen LogP) is 3.53. The third kappa shape index (κ3) is 5.74. The summed E-state index contributed by atoms with van der Waals surface area (Å²) in [6.45, 7) is 0.639. The molecule has 9 heteroatoms. The number of halogens is 3. The number of anilines is 1. The summed E-state index contributed by atoms with van der Waals surface area (Å²) < 4.78 is 47.8. The van der Waals surface area contributed by atoms with Crippen LogP contribution in [0.15, 0.2) is 48.5 Å². The number of alkyl halides is 3. The lowest BCUT2D eigenvalue weighted by Crippen LogP contribution is -2.31. The summed E-state index contributed by atoms with van der Waals surface area (Å²) in [5.41, 5.74) is -0.414. The summed E-state index contributed by atoms with van der Waals surface area (Å²) in [5, 5.41) is 11.4. The van der Waals surface area contributed by atoms with Gasteiger partial charge in [-0.1, -0.05) is 18.2 Å². The molecule has 0 saturated heterocycles. The fourth-order valence-corrected chi connectivity index (χ4v) is 2.11. The number of hydrogen-bond donors (Lipinski definition) is 1. The van der Waals surface area contributed by atoms with Gasteiger partial charge in [0.15, 0.2) is 12.7 Å². The van der Waals surface area contributed by atoms with Crippen molar-refractivity contribution in [2.75, 3.05) is 11.9 Å². The minimum absolute atomic E-state index is 0.160. The lowest BCUT2D eigenvalue weighted by Gasteiger charge is -2.15. The van der Waals surface area contributed by atoms with Gasteiger partial charge in [0, 0.05) is 0 Å². The Balaban J connectivity index is 1.89. The molecule has 0 spiro atoms. The molecule has 0 aliphatic carbocycles. The van der Waals surface area contributed by atoms with Crippen molar-refractivity contribution in [1.82, 2.24) is 0 Å². The van der Waals surface area contributed by atoms with Crippen molar-refractivity contribution in [3.8, 4) is 11.8 Å². The van der Waals surface area contributed by atoms with Gasteiger partial charge in [-0.05, 0) is 37.3 Å². The first-order valence-electron chi connectivity index (χ1n) is 8.00. The SMILES string of the molecule is C[C@@H](OC(=O)COc1cccc(C(F)(F)F)c1)C(=O)Nc1ccccc1C#N. The minimum atomic E-state index is -4.54. The van der Waals surface area contributed by atoms with Gasteiger partial charge in [0.05, 0.1) is 16.8 Å². The van der Waals surface area contributed by atoms with Crippen molar-refractivity contribution >= 4 is 17.6 Å². The van der Waals surface area contributed by atoms with Gasteiger partial charge >= 0.3 is 12.1 Å². The molecular weight excluding hydrogens is 377 g/mol. The Morgan fingerprint density at radius 3 is 2.57 bits per heavy atom. The molecule has 2 rings (SSSR count). The maximum absolute atomic E-state index is 12.6. The second-order valence-electron chi connectivity index (χ2n) is 5.59. The van der Waals surface area contributed by atoms with E-state index in [1.165, 1.54) is 25.1 Å². The molecule has 0 aliphatic rings. The third-order valence-corrected chi connectivity index (χ3v) is 3.50. The number of rotatable bonds is 6. The first kappa shape index (κ1) is 20.8. The van der Waals surface area contributed by atoms with Crippen molar-refractivity contribution in [3.63, 3.8) is 0 Å². The van der Waals surface area contributed by atoms with Crippen LogP contribution in [-0.4, -0.2) is 24.6 Å². The summed E-state index contributed by atoms with van der Waals surface area (Å²) >= 11 is 0. The number of amides is 1. The number of nitriles is 1. The van der Waals surface area contributed by atoms with Gasteiger partial charge in [-0.3, -0.25) is 4.79 Å². The number of hydrogen-bond acceptors (Lipinski definition) is 5. The van der Waals surface area contributed by atoms with Crippen LogP contribution in [0.5, 0.6) is 5.75 Å². The predicted molar refractivity (Wildman–Crippen MR) is 92.3 cm³/mol. The zero-order valence-electron chi connectivity index (χ0n) is 14.6. The molecule has 0 bridgehead atoms. The van der Waals surface area contributed by atoms with E-state index in [2.05, 4.69) is 5.32 Å². The number of ether oxygens (including phenoxy) is 2. The molecule has 2 aromatic carbocycles. The molecule has 146 valence electrons. The smallest absolute Gasteiger partial charge is 0.416 e. The van der Waals surface area contributed by atoms with E-state index in [0.29, 0.717) is 0 Å². The lowest BCUT2D eigenvalue weighted by atomic mass is 10.2. The number of para-hydroxylation sites is 1. The van der Waals surface area contributed by atoms with Crippen LogP contribution in [0.3, 0.4) is 0 Å². The standard InChI is InChI=1S/C19H15F3N2O4/c1-12(18(26)24-16-8-3-2-5-13(16)10-23)28-17(25)11-27-15-7-4-6-14(9-15)19(20,21)22/h2-9,12H,11H2,1H3,(H,24,26)/t12-/m1/s1. The van der Waals surface area contributed by atoms with E-state index in [1.54, 1.807) is 12.1 Å². The van der Waals surface area contributed by atoms with Crippen LogP contribution in [0.4, 0.5) is 18.9 Å². The summed E-state index contributed by atoms with van der Waals surface area (Å²) in [4.78, 5) is 23.9. The van der Waals surface area contributed by atoms with Gasteiger partial charge in [-0.15, -0.1) is 0 Å². The highest BCUT2D eigenvalue weighted by atomic mass is 19.4. The molecule has 2 aromatic rings. The fraction of sp³-hybridized carbons (Fsp3) is 0.211. The second kappa shape index (κ2) is 8.90. The Bertz CT molecular complexity index is 907. The highest BCUT2D eigenvalue weighted by molar-refractivity contribution is 5.96. The van der Waals surface area contributed by atoms with E-state index < -0.39 is 36.3 Å². The Morgan fingerprint density at radius 2 is 1.89 bits per heavy atom. The Kier molecular flexibility index (Phi) is 6.60. The zero-order valence-corrected chi connectivity index (χ0v) is 14.6. The average molecular weight is 392 g/mol. The van der Waals surface area contributed by atoms with Crippen LogP contribution >= 0.6 is 0 Å². The van der Waals surface area contributed by atoms with Gasteiger partial charge in [0.25, 0.3) is 5.91 Å². The monoisotopic (exact) mass is 392 g/mol. The maximum Gasteiger partial charge on any atom is 0.416 e. The van der Waals surface area contributed by atoms with Crippen molar-refractivity contribution in [2.24, 2.45) is 0 Å². The van der Waals surface area contributed by atoms with E-state index >= 15 is 0 Å². The number of nitrogens with one attached hydrogen (secondary N) is 1. The molecule has 1 N–H and O–H groups in total. The van der Waals surface area contributed by atoms with Crippen molar-refractivity contribution in [3.05, 3.63) is 59.7 Å². The Morgan fingerprint density at radius 1 is 1.18 bits per heavy atom. The zero-order chi connectivity index (χ0) is 20.7. The van der Waals surface area contributed by atoms with Gasteiger partial charge in [-0.2, -0.15) is 18.4 Å². The normalized spacial score (nSPS) is 11.8. The van der Waals surface area contributed by atoms with Gasteiger partial charge < -0.3 is 14.8 Å². The second-order valence-corrected chi connectivity index (χ2v) is 5.59. The molecule has 0 radical (unpaired) electrons. The first-order valence-corrected chi connectivity index (χ1v) is 8.00. The lowest BCUT2D eigenvalue weighted by molar-refractivity contribution is -0.155. The van der Waals surface area contributed by atoms with E-state index in [4.69, 9.17) is 14.7 Å². The molecule has 0 saturated carbocycles. The maximum atomic E-state index is 12.6. The van der Waals surface area contributed by atoms with E-state index in [-0.39, 0.29) is 17.0 Å². The van der Waals surface area contributed by atoms with Crippen LogP contribution in [0.1, 0.15) is 18.1 Å². The molecule has 1 atom stereocenters. The number of carbonyl (C=O) groups excluding carboxylic acids is 2. The quantitative estimate of drug-likeness (QED) is 0.760. The number of esters is 1. The minimum Gasteiger partial charge on any atom is -0.482 e. The van der Waals surface area contributed by atoms with Crippen molar-refractivity contribution in [1.29, 1.82) is 5.26 Å². The van der Waals surface area contributed by atoms with Crippen LogP contribution in [0, 0.1) is 11.3 Å². The van der Waals surface area contributed by atoms with Gasteiger partial charge in [0.1, 0.15) is 11.8 Å².